The summed E-state index contributed by atoms with van der Waals surface area (Å²) in [6.45, 7) is 3.03. The Balaban J connectivity index is 1.56. The number of imide groups is 2. The van der Waals surface area contributed by atoms with Gasteiger partial charge in [0.05, 0.1) is 25.3 Å². The maximum Gasteiger partial charge on any atom is 0.261 e. The van der Waals surface area contributed by atoms with Crippen LogP contribution in [0, 0.1) is 0 Å². The van der Waals surface area contributed by atoms with Crippen LogP contribution in [0.25, 0.3) is 43.1 Å². The largest absolute Gasteiger partial charge is 0.394 e. The first-order chi connectivity index (χ1) is 19.4. The average molecular weight is 535 g/mol. The second-order valence-corrected chi connectivity index (χ2v) is 10.6. The Hall–Kier alpha value is -4.40. The van der Waals surface area contributed by atoms with Crippen LogP contribution in [0.3, 0.4) is 0 Å². The summed E-state index contributed by atoms with van der Waals surface area (Å²) in [6, 6.07) is 13.1. The smallest absolute Gasteiger partial charge is 0.261 e. The fourth-order valence-corrected chi connectivity index (χ4v) is 6.76. The Morgan fingerprint density at radius 2 is 0.775 bits per heavy atom. The van der Waals surface area contributed by atoms with Gasteiger partial charge in [-0.05, 0) is 69.4 Å². The Morgan fingerprint density at radius 1 is 0.500 bits per heavy atom. The molecular formula is C32H26N2O6. The number of fused-ring (bicyclic) bond motifs is 2. The van der Waals surface area contributed by atoms with E-state index in [9.17, 15) is 29.4 Å². The Kier molecular flexibility index (Phi) is 5.26. The van der Waals surface area contributed by atoms with Crippen molar-refractivity contribution in [3.8, 4) is 0 Å². The van der Waals surface area contributed by atoms with Gasteiger partial charge in [0.25, 0.3) is 23.6 Å². The predicted octanol–water partition coefficient (Wildman–Crippen LogP) is 4.47. The molecule has 0 saturated carbocycles. The van der Waals surface area contributed by atoms with E-state index in [0.29, 0.717) is 45.9 Å². The predicted molar refractivity (Wildman–Crippen MR) is 151 cm³/mol. The Morgan fingerprint density at radius 3 is 1.00 bits per heavy atom. The van der Waals surface area contributed by atoms with E-state index in [0.717, 1.165) is 32.3 Å². The molecule has 2 N–H and O–H groups in total. The van der Waals surface area contributed by atoms with E-state index in [2.05, 4.69) is 0 Å². The second kappa shape index (κ2) is 8.55. The molecule has 0 radical (unpaired) electrons. The van der Waals surface area contributed by atoms with Crippen LogP contribution in [0.15, 0.2) is 48.5 Å². The van der Waals surface area contributed by atoms with Gasteiger partial charge in [0.2, 0.25) is 0 Å². The molecule has 5 aromatic carbocycles. The van der Waals surface area contributed by atoms with Gasteiger partial charge in [-0.15, -0.1) is 0 Å². The van der Waals surface area contributed by atoms with Crippen molar-refractivity contribution >= 4 is 66.7 Å². The molecule has 0 aliphatic carbocycles. The maximum absolute atomic E-state index is 13.6. The number of amides is 4. The number of nitrogens with zero attached hydrogens (tertiary/aromatic N) is 2. The van der Waals surface area contributed by atoms with Crippen molar-refractivity contribution in [2.45, 2.75) is 38.8 Å². The summed E-state index contributed by atoms with van der Waals surface area (Å²) in [5, 5.41) is 25.7. The molecule has 2 atom stereocenters. The summed E-state index contributed by atoms with van der Waals surface area (Å²) >= 11 is 0. The molecular weight excluding hydrogens is 508 g/mol. The first-order valence-corrected chi connectivity index (χ1v) is 13.5. The topological polar surface area (TPSA) is 115 Å². The molecule has 7 rings (SSSR count). The van der Waals surface area contributed by atoms with Gasteiger partial charge in [-0.3, -0.25) is 29.0 Å². The third-order valence-electron chi connectivity index (χ3n) is 8.79. The minimum atomic E-state index is -0.611. The fraction of sp³-hybridized carbons (Fsp3) is 0.250. The Bertz CT molecular complexity index is 1690. The third kappa shape index (κ3) is 2.87. The lowest BCUT2D eigenvalue weighted by molar-refractivity contribution is 0.0453. The van der Waals surface area contributed by atoms with E-state index < -0.39 is 35.7 Å². The van der Waals surface area contributed by atoms with Gasteiger partial charge >= 0.3 is 0 Å². The lowest BCUT2D eigenvalue weighted by Gasteiger charge is -2.34. The first kappa shape index (κ1) is 24.6. The van der Waals surface area contributed by atoms with Crippen molar-refractivity contribution in [2.24, 2.45) is 0 Å². The molecule has 8 nitrogen and oxygen atoms in total. The van der Waals surface area contributed by atoms with E-state index in [1.807, 2.05) is 38.1 Å². The minimum absolute atomic E-state index is 0.311. The average Bonchev–Trinajstić information content (AvgIpc) is 2.98. The molecule has 0 bridgehead atoms. The van der Waals surface area contributed by atoms with Crippen molar-refractivity contribution in [1.29, 1.82) is 0 Å². The number of rotatable bonds is 6. The molecule has 8 heteroatoms. The molecule has 0 spiro atoms. The van der Waals surface area contributed by atoms with Crippen molar-refractivity contribution in [1.82, 2.24) is 9.80 Å². The summed E-state index contributed by atoms with van der Waals surface area (Å²) in [7, 11) is 0. The maximum atomic E-state index is 13.6. The van der Waals surface area contributed by atoms with E-state index >= 15 is 0 Å². The number of aliphatic hydroxyl groups is 2. The number of carbonyl (C=O) groups is 4. The molecule has 2 aliphatic rings. The molecule has 40 heavy (non-hydrogen) atoms. The van der Waals surface area contributed by atoms with Gasteiger partial charge in [-0.25, -0.2) is 0 Å². The monoisotopic (exact) mass is 534 g/mol. The zero-order valence-electron chi connectivity index (χ0n) is 22.0. The highest BCUT2D eigenvalue weighted by atomic mass is 16.3. The van der Waals surface area contributed by atoms with Crippen molar-refractivity contribution < 1.29 is 29.4 Å². The normalized spacial score (nSPS) is 16.8. The van der Waals surface area contributed by atoms with E-state index in [1.165, 1.54) is 9.80 Å². The SMILES string of the molecule is CCC(CO)N1C(=O)c2ccc3c4ccc5c6c(ccc(c7ccc(c2c37)C1=O)c64)C(=O)N(C(CC)CO)C5=O. The van der Waals surface area contributed by atoms with Gasteiger partial charge in [0.1, 0.15) is 0 Å². The third-order valence-corrected chi connectivity index (χ3v) is 8.79. The molecule has 5 aromatic rings. The van der Waals surface area contributed by atoms with Gasteiger partial charge in [0, 0.05) is 33.0 Å². The van der Waals surface area contributed by atoms with Crippen LogP contribution in [-0.4, -0.2) is 68.9 Å². The fourth-order valence-electron chi connectivity index (χ4n) is 6.76. The zero-order valence-corrected chi connectivity index (χ0v) is 22.0. The number of benzene rings is 5. The standard InChI is InChI=1S/C32H26N2O6/c1-3-15(13-35)33-29(37)21-9-5-17-19-7-11-23-28-24(32(40)34(31(23)39)16(4-2)14-36)12-8-20(26(19)28)18-6-10-22(30(33)38)27(21)25(17)18/h5-12,15-16,35-36H,3-4,13-14H2,1-2H3. The second-order valence-electron chi connectivity index (χ2n) is 10.6. The lowest BCUT2D eigenvalue weighted by Crippen LogP contribution is -2.48. The lowest BCUT2D eigenvalue weighted by atomic mass is 9.82. The van der Waals surface area contributed by atoms with Gasteiger partial charge in [0.15, 0.2) is 0 Å². The quantitative estimate of drug-likeness (QED) is 0.189. The van der Waals surface area contributed by atoms with Gasteiger partial charge in [-0.1, -0.05) is 38.1 Å². The van der Waals surface area contributed by atoms with Crippen LogP contribution >= 0.6 is 0 Å². The molecule has 0 fully saturated rings. The summed E-state index contributed by atoms with van der Waals surface area (Å²) in [5.41, 5.74) is 1.64. The van der Waals surface area contributed by atoms with E-state index in [4.69, 9.17) is 0 Å². The Labute approximate surface area is 228 Å². The van der Waals surface area contributed by atoms with Crippen molar-refractivity contribution in [2.75, 3.05) is 13.2 Å². The van der Waals surface area contributed by atoms with Crippen LogP contribution in [0.1, 0.15) is 68.1 Å². The van der Waals surface area contributed by atoms with Crippen LogP contribution in [0.4, 0.5) is 0 Å². The van der Waals surface area contributed by atoms with E-state index in [1.54, 1.807) is 24.3 Å². The molecule has 2 unspecified atom stereocenters. The number of hydrogen-bond donors (Lipinski definition) is 2. The van der Waals surface area contributed by atoms with Crippen LogP contribution in [0.5, 0.6) is 0 Å². The van der Waals surface area contributed by atoms with Crippen LogP contribution in [0.2, 0.25) is 0 Å². The highest BCUT2D eigenvalue weighted by Crippen LogP contribution is 2.46. The van der Waals surface area contributed by atoms with Crippen LogP contribution < -0.4 is 0 Å². The molecule has 0 saturated heterocycles. The van der Waals surface area contributed by atoms with Crippen molar-refractivity contribution in [3.63, 3.8) is 0 Å². The molecule has 2 heterocycles. The highest BCUT2D eigenvalue weighted by molar-refractivity contribution is 6.41. The highest BCUT2D eigenvalue weighted by Gasteiger charge is 2.39. The van der Waals surface area contributed by atoms with Crippen molar-refractivity contribution in [3.05, 3.63) is 70.8 Å². The van der Waals surface area contributed by atoms with E-state index in [-0.39, 0.29) is 13.2 Å². The first-order valence-electron chi connectivity index (χ1n) is 13.5. The summed E-state index contributed by atoms with van der Waals surface area (Å²) < 4.78 is 0. The minimum Gasteiger partial charge on any atom is -0.394 e. The van der Waals surface area contributed by atoms with Gasteiger partial charge < -0.3 is 10.2 Å². The molecule has 0 aromatic heterocycles. The summed E-state index contributed by atoms with van der Waals surface area (Å²) in [4.78, 5) is 56.6. The summed E-state index contributed by atoms with van der Waals surface area (Å²) in [6.07, 6.45) is 0.879. The molecule has 200 valence electrons. The molecule has 4 amide bonds. The number of aliphatic hydroxyl groups excluding tert-OH is 2. The number of carbonyl (C=O) groups excluding carboxylic acids is 4. The van der Waals surface area contributed by atoms with Crippen LogP contribution in [-0.2, 0) is 0 Å². The van der Waals surface area contributed by atoms with Gasteiger partial charge in [-0.2, -0.15) is 0 Å². The molecule has 2 aliphatic heterocycles. The zero-order chi connectivity index (χ0) is 28.0. The number of hydrogen-bond acceptors (Lipinski definition) is 6. The summed E-state index contributed by atoms with van der Waals surface area (Å²) in [5.74, 6) is -1.71.